The van der Waals surface area contributed by atoms with Crippen molar-refractivity contribution in [1.29, 1.82) is 0 Å². The largest absolute Gasteiger partial charge is 0.368 e. The van der Waals surface area contributed by atoms with Gasteiger partial charge < -0.3 is 4.74 Å². The molecule has 0 atom stereocenters. The van der Waals surface area contributed by atoms with Gasteiger partial charge in [-0.2, -0.15) is 0 Å². The van der Waals surface area contributed by atoms with Crippen LogP contribution in [0.3, 0.4) is 0 Å². The molecule has 0 spiro atoms. The number of thiophene rings is 1. The summed E-state index contributed by atoms with van der Waals surface area (Å²) >= 11 is 1.73. The van der Waals surface area contributed by atoms with Gasteiger partial charge in [0.25, 0.3) is 0 Å². The molecule has 1 saturated carbocycles. The lowest BCUT2D eigenvalue weighted by Gasteiger charge is -1.96. The summed E-state index contributed by atoms with van der Waals surface area (Å²) in [5.41, 5.74) is 1.38. The number of hydrogen-bond acceptors (Lipinski definition) is 2. The van der Waals surface area contributed by atoms with Crippen molar-refractivity contribution in [3.8, 4) is 11.8 Å². The van der Waals surface area contributed by atoms with Crippen LogP contribution in [0.2, 0.25) is 0 Å². The Kier molecular flexibility index (Phi) is 4.04. The minimum absolute atomic E-state index is 0.575. The average molecular weight is 234 g/mol. The third kappa shape index (κ3) is 3.66. The first-order valence-electron chi connectivity index (χ1n) is 5.90. The molecule has 0 N–H and O–H groups in total. The molecular weight excluding hydrogens is 216 g/mol. The van der Waals surface area contributed by atoms with Crippen LogP contribution in [0.1, 0.15) is 43.0 Å². The predicted molar refractivity (Wildman–Crippen MR) is 68.8 cm³/mol. The molecule has 1 aliphatic rings. The zero-order valence-electron chi connectivity index (χ0n) is 9.95. The minimum atomic E-state index is 0.575. The quantitative estimate of drug-likeness (QED) is 0.571. The van der Waals surface area contributed by atoms with Gasteiger partial charge in [-0.3, -0.25) is 0 Å². The second-order valence-corrected chi connectivity index (χ2v) is 5.57. The van der Waals surface area contributed by atoms with Crippen LogP contribution in [0, 0.1) is 17.8 Å². The molecule has 1 fully saturated rings. The highest BCUT2D eigenvalue weighted by Crippen LogP contribution is 2.28. The molecule has 2 rings (SSSR count). The van der Waals surface area contributed by atoms with E-state index in [-0.39, 0.29) is 0 Å². The summed E-state index contributed by atoms with van der Waals surface area (Å²) in [5.74, 6) is 7.66. The van der Waals surface area contributed by atoms with Gasteiger partial charge in [-0.15, -0.1) is 11.3 Å². The van der Waals surface area contributed by atoms with E-state index in [9.17, 15) is 0 Å². The highest BCUT2D eigenvalue weighted by atomic mass is 32.1. The van der Waals surface area contributed by atoms with Crippen molar-refractivity contribution in [2.24, 2.45) is 5.92 Å². The molecule has 16 heavy (non-hydrogen) atoms. The van der Waals surface area contributed by atoms with Crippen LogP contribution in [-0.2, 0) is 4.74 Å². The Bertz CT molecular complexity index is 390. The molecule has 0 aliphatic heterocycles. The fourth-order valence-corrected chi connectivity index (χ4v) is 2.34. The molecule has 0 radical (unpaired) electrons. The Morgan fingerprint density at radius 1 is 1.50 bits per heavy atom. The maximum atomic E-state index is 5.46. The van der Waals surface area contributed by atoms with Crippen LogP contribution in [0.4, 0.5) is 0 Å². The zero-order valence-corrected chi connectivity index (χ0v) is 10.8. The summed E-state index contributed by atoms with van der Waals surface area (Å²) in [4.78, 5) is 1.15. The van der Waals surface area contributed by atoms with Crippen LogP contribution in [-0.4, -0.2) is 13.2 Å². The third-order valence-corrected chi connectivity index (χ3v) is 3.59. The van der Waals surface area contributed by atoms with Gasteiger partial charge in [-0.05, 0) is 41.7 Å². The molecule has 0 amide bonds. The van der Waals surface area contributed by atoms with Gasteiger partial charge in [0.1, 0.15) is 6.61 Å². The normalized spacial score (nSPS) is 14.9. The Labute approximate surface area is 102 Å². The zero-order chi connectivity index (χ0) is 11.4. The van der Waals surface area contributed by atoms with Gasteiger partial charge in [0.05, 0.1) is 11.5 Å². The van der Waals surface area contributed by atoms with Crippen LogP contribution in [0.25, 0.3) is 0 Å². The van der Waals surface area contributed by atoms with E-state index < -0.39 is 0 Å². The minimum Gasteiger partial charge on any atom is -0.368 e. The van der Waals surface area contributed by atoms with Crippen molar-refractivity contribution in [3.63, 3.8) is 0 Å². The van der Waals surface area contributed by atoms with Crippen molar-refractivity contribution in [1.82, 2.24) is 0 Å². The van der Waals surface area contributed by atoms with E-state index in [1.54, 1.807) is 11.3 Å². The number of hydrogen-bond donors (Lipinski definition) is 0. The first kappa shape index (κ1) is 11.7. The van der Waals surface area contributed by atoms with Crippen molar-refractivity contribution in [2.75, 3.05) is 13.2 Å². The maximum Gasteiger partial charge on any atom is 0.108 e. The first-order chi connectivity index (χ1) is 7.75. The first-order valence-corrected chi connectivity index (χ1v) is 6.78. The summed E-state index contributed by atoms with van der Waals surface area (Å²) in [6.45, 7) is 5.89. The molecular formula is C14H18OS. The van der Waals surface area contributed by atoms with Gasteiger partial charge in [0.2, 0.25) is 0 Å². The van der Waals surface area contributed by atoms with E-state index in [0.29, 0.717) is 12.5 Å². The molecule has 0 bridgehead atoms. The Morgan fingerprint density at radius 2 is 2.31 bits per heavy atom. The van der Waals surface area contributed by atoms with Crippen LogP contribution < -0.4 is 0 Å². The second-order valence-electron chi connectivity index (χ2n) is 4.66. The van der Waals surface area contributed by atoms with Crippen molar-refractivity contribution >= 4 is 11.3 Å². The smallest absolute Gasteiger partial charge is 0.108 e. The molecule has 2 heteroatoms. The van der Waals surface area contributed by atoms with E-state index >= 15 is 0 Å². The van der Waals surface area contributed by atoms with Gasteiger partial charge in [0.15, 0.2) is 0 Å². The molecule has 1 heterocycles. The maximum absolute atomic E-state index is 5.46. The van der Waals surface area contributed by atoms with E-state index in [4.69, 9.17) is 4.74 Å². The molecule has 1 nitrogen and oxygen atoms in total. The predicted octanol–water partition coefficient (Wildman–Crippen LogP) is 3.65. The van der Waals surface area contributed by atoms with E-state index in [1.165, 1.54) is 18.4 Å². The monoisotopic (exact) mass is 234 g/mol. The molecule has 1 aromatic heterocycles. The molecule has 0 aromatic carbocycles. The summed E-state index contributed by atoms with van der Waals surface area (Å²) in [6, 6.07) is 2.18. The van der Waals surface area contributed by atoms with E-state index in [1.807, 2.05) is 0 Å². The summed E-state index contributed by atoms with van der Waals surface area (Å²) in [5, 5.41) is 2.19. The Hall–Kier alpha value is -0.780. The lowest BCUT2D eigenvalue weighted by molar-refractivity contribution is 0.156. The summed E-state index contributed by atoms with van der Waals surface area (Å²) < 4.78 is 5.46. The van der Waals surface area contributed by atoms with Gasteiger partial charge in [-0.1, -0.05) is 25.7 Å². The van der Waals surface area contributed by atoms with Crippen LogP contribution in [0.15, 0.2) is 11.4 Å². The Balaban J connectivity index is 1.75. The molecule has 86 valence electrons. The lowest BCUT2D eigenvalue weighted by Crippen LogP contribution is -1.95. The summed E-state index contributed by atoms with van der Waals surface area (Å²) in [6.07, 6.45) is 2.69. The van der Waals surface area contributed by atoms with Gasteiger partial charge in [-0.25, -0.2) is 0 Å². The highest BCUT2D eigenvalue weighted by molar-refractivity contribution is 7.10. The fraction of sp³-hybridized carbons (Fsp3) is 0.571. The topological polar surface area (TPSA) is 9.23 Å². The fourth-order valence-electron chi connectivity index (χ4n) is 1.40. The number of rotatable bonds is 4. The van der Waals surface area contributed by atoms with Gasteiger partial charge >= 0.3 is 0 Å². The lowest BCUT2D eigenvalue weighted by atomic mass is 10.1. The van der Waals surface area contributed by atoms with Crippen LogP contribution >= 0.6 is 11.3 Å². The van der Waals surface area contributed by atoms with Crippen molar-refractivity contribution in [3.05, 3.63) is 21.9 Å². The average Bonchev–Trinajstić information content (AvgIpc) is 2.94. The second kappa shape index (κ2) is 5.52. The van der Waals surface area contributed by atoms with Crippen LogP contribution in [0.5, 0.6) is 0 Å². The van der Waals surface area contributed by atoms with Gasteiger partial charge in [0, 0.05) is 0 Å². The van der Waals surface area contributed by atoms with E-state index in [0.717, 1.165) is 17.4 Å². The van der Waals surface area contributed by atoms with Crippen molar-refractivity contribution < 1.29 is 4.74 Å². The SMILES string of the molecule is CC(C)c1csc(C#CCOCC2CC2)c1. The molecule has 1 aliphatic carbocycles. The highest BCUT2D eigenvalue weighted by Gasteiger charge is 2.20. The third-order valence-electron chi connectivity index (χ3n) is 2.72. The molecule has 0 unspecified atom stereocenters. The van der Waals surface area contributed by atoms with E-state index in [2.05, 4.69) is 37.1 Å². The van der Waals surface area contributed by atoms with Crippen molar-refractivity contribution in [2.45, 2.75) is 32.6 Å². The summed E-state index contributed by atoms with van der Waals surface area (Å²) in [7, 11) is 0. The Morgan fingerprint density at radius 3 is 2.94 bits per heavy atom. The molecule has 0 saturated heterocycles. The molecule has 1 aromatic rings. The number of ether oxygens (including phenoxy) is 1. The standard InChI is InChI=1S/C14H18OS/c1-11(2)13-8-14(16-10-13)4-3-7-15-9-12-5-6-12/h8,10-12H,5-7,9H2,1-2H3.